The van der Waals surface area contributed by atoms with Crippen LogP contribution in [0, 0.1) is 0 Å². The van der Waals surface area contributed by atoms with E-state index in [2.05, 4.69) is 0 Å². The van der Waals surface area contributed by atoms with Crippen LogP contribution in [-0.2, 0) is 12.8 Å². The Kier molecular flexibility index (Phi) is 3.54. The first-order chi connectivity index (χ1) is 8.22. The van der Waals surface area contributed by atoms with Gasteiger partial charge in [-0.05, 0) is 25.3 Å². The highest BCUT2D eigenvalue weighted by molar-refractivity contribution is 5.56. The summed E-state index contributed by atoms with van der Waals surface area (Å²) < 4.78 is 10.9. The van der Waals surface area contributed by atoms with Crippen LogP contribution in [0.15, 0.2) is 6.07 Å². The predicted octanol–water partition coefficient (Wildman–Crippen LogP) is 1.18. The molecule has 17 heavy (non-hydrogen) atoms. The standard InChI is InChI=1S/C13H19NO3/c1-16-12-6-10(11(14)7-15)13(17-2)9-5-3-4-8(9)12/h6,11,15H,3-5,7,14H2,1-2H3. The number of methoxy groups -OCH3 is 2. The van der Waals surface area contributed by atoms with Crippen molar-refractivity contribution in [3.05, 3.63) is 22.8 Å². The minimum Gasteiger partial charge on any atom is -0.496 e. The van der Waals surface area contributed by atoms with Crippen molar-refractivity contribution in [2.75, 3.05) is 20.8 Å². The Morgan fingerprint density at radius 1 is 1.29 bits per heavy atom. The molecule has 4 heteroatoms. The van der Waals surface area contributed by atoms with Gasteiger partial charge < -0.3 is 20.3 Å². The zero-order chi connectivity index (χ0) is 12.4. The normalized spacial score (nSPS) is 15.5. The van der Waals surface area contributed by atoms with E-state index in [9.17, 15) is 5.11 Å². The summed E-state index contributed by atoms with van der Waals surface area (Å²) in [6.07, 6.45) is 3.12. The van der Waals surface area contributed by atoms with Crippen LogP contribution in [0.5, 0.6) is 11.5 Å². The number of aliphatic hydroxyl groups is 1. The molecule has 0 saturated heterocycles. The average molecular weight is 237 g/mol. The number of aliphatic hydroxyl groups excluding tert-OH is 1. The van der Waals surface area contributed by atoms with Crippen molar-refractivity contribution < 1.29 is 14.6 Å². The second-order valence-electron chi connectivity index (χ2n) is 4.30. The summed E-state index contributed by atoms with van der Waals surface area (Å²) in [6.45, 7) is -0.0989. The third-order valence-electron chi connectivity index (χ3n) is 3.36. The molecule has 1 aromatic carbocycles. The van der Waals surface area contributed by atoms with Crippen LogP contribution in [0.25, 0.3) is 0 Å². The van der Waals surface area contributed by atoms with Gasteiger partial charge in [-0.2, -0.15) is 0 Å². The third-order valence-corrected chi connectivity index (χ3v) is 3.36. The fourth-order valence-electron chi connectivity index (χ4n) is 2.53. The fraction of sp³-hybridized carbons (Fsp3) is 0.538. The van der Waals surface area contributed by atoms with Gasteiger partial charge >= 0.3 is 0 Å². The lowest BCUT2D eigenvalue weighted by Crippen LogP contribution is -2.16. The number of nitrogens with two attached hydrogens (primary N) is 1. The van der Waals surface area contributed by atoms with Crippen molar-refractivity contribution in [2.24, 2.45) is 5.73 Å². The lowest BCUT2D eigenvalue weighted by molar-refractivity contribution is 0.264. The number of hydrogen-bond acceptors (Lipinski definition) is 4. The maximum atomic E-state index is 9.20. The first-order valence-electron chi connectivity index (χ1n) is 5.86. The molecular weight excluding hydrogens is 218 g/mol. The van der Waals surface area contributed by atoms with Gasteiger partial charge in [0.2, 0.25) is 0 Å². The summed E-state index contributed by atoms with van der Waals surface area (Å²) in [6, 6.07) is 1.47. The molecule has 0 radical (unpaired) electrons. The number of ether oxygens (including phenoxy) is 2. The highest BCUT2D eigenvalue weighted by Crippen LogP contribution is 2.41. The lowest BCUT2D eigenvalue weighted by Gasteiger charge is -2.19. The van der Waals surface area contributed by atoms with Gasteiger partial charge in [0.1, 0.15) is 11.5 Å². The summed E-state index contributed by atoms with van der Waals surface area (Å²) >= 11 is 0. The van der Waals surface area contributed by atoms with E-state index in [-0.39, 0.29) is 6.61 Å². The molecule has 1 aromatic rings. The van der Waals surface area contributed by atoms with Gasteiger partial charge in [0.15, 0.2) is 0 Å². The Morgan fingerprint density at radius 3 is 2.59 bits per heavy atom. The van der Waals surface area contributed by atoms with Gasteiger partial charge in [-0.1, -0.05) is 0 Å². The molecule has 3 N–H and O–H groups in total. The number of fused-ring (bicyclic) bond motifs is 1. The van der Waals surface area contributed by atoms with E-state index in [4.69, 9.17) is 15.2 Å². The molecule has 94 valence electrons. The van der Waals surface area contributed by atoms with Crippen molar-refractivity contribution >= 4 is 0 Å². The van der Waals surface area contributed by atoms with E-state index in [1.165, 1.54) is 11.1 Å². The molecule has 2 rings (SSSR count). The molecule has 0 saturated carbocycles. The first-order valence-corrected chi connectivity index (χ1v) is 5.86. The van der Waals surface area contributed by atoms with Crippen LogP contribution in [-0.4, -0.2) is 25.9 Å². The van der Waals surface area contributed by atoms with Crippen molar-refractivity contribution in [1.82, 2.24) is 0 Å². The molecule has 0 bridgehead atoms. The number of benzene rings is 1. The van der Waals surface area contributed by atoms with E-state index in [0.29, 0.717) is 0 Å². The predicted molar refractivity (Wildman–Crippen MR) is 65.6 cm³/mol. The summed E-state index contributed by atoms with van der Waals surface area (Å²) in [5, 5.41) is 9.20. The van der Waals surface area contributed by atoms with Gasteiger partial charge in [0.05, 0.1) is 26.9 Å². The van der Waals surface area contributed by atoms with Crippen LogP contribution >= 0.6 is 0 Å². The molecule has 0 heterocycles. The van der Waals surface area contributed by atoms with E-state index in [1.54, 1.807) is 14.2 Å². The molecule has 0 amide bonds. The van der Waals surface area contributed by atoms with E-state index in [1.807, 2.05) is 6.07 Å². The maximum absolute atomic E-state index is 9.20. The Hall–Kier alpha value is -1.26. The van der Waals surface area contributed by atoms with Crippen molar-refractivity contribution in [3.8, 4) is 11.5 Å². The van der Waals surface area contributed by atoms with Gasteiger partial charge in [-0.3, -0.25) is 0 Å². The molecule has 0 aromatic heterocycles. The summed E-state index contributed by atoms with van der Waals surface area (Å²) in [5.41, 5.74) is 9.14. The minimum atomic E-state index is -0.426. The van der Waals surface area contributed by atoms with Crippen LogP contribution < -0.4 is 15.2 Å². The zero-order valence-electron chi connectivity index (χ0n) is 10.3. The Labute approximate surface area is 101 Å². The van der Waals surface area contributed by atoms with Crippen molar-refractivity contribution in [2.45, 2.75) is 25.3 Å². The topological polar surface area (TPSA) is 64.7 Å². The fourth-order valence-corrected chi connectivity index (χ4v) is 2.53. The van der Waals surface area contributed by atoms with E-state index < -0.39 is 6.04 Å². The summed E-state index contributed by atoms with van der Waals surface area (Å²) in [7, 11) is 3.31. The van der Waals surface area contributed by atoms with Crippen LogP contribution in [0.1, 0.15) is 29.2 Å². The highest BCUT2D eigenvalue weighted by Gasteiger charge is 2.25. The highest BCUT2D eigenvalue weighted by atomic mass is 16.5. The zero-order valence-corrected chi connectivity index (χ0v) is 10.3. The minimum absolute atomic E-state index is 0.0989. The average Bonchev–Trinajstić information content (AvgIpc) is 2.84. The molecule has 0 aliphatic heterocycles. The second kappa shape index (κ2) is 4.94. The van der Waals surface area contributed by atoms with Gasteiger partial charge in [0.25, 0.3) is 0 Å². The molecule has 1 aliphatic rings. The van der Waals surface area contributed by atoms with Crippen LogP contribution in [0.2, 0.25) is 0 Å². The molecule has 4 nitrogen and oxygen atoms in total. The van der Waals surface area contributed by atoms with E-state index >= 15 is 0 Å². The smallest absolute Gasteiger partial charge is 0.127 e. The quantitative estimate of drug-likeness (QED) is 0.825. The van der Waals surface area contributed by atoms with Crippen molar-refractivity contribution in [3.63, 3.8) is 0 Å². The summed E-state index contributed by atoms with van der Waals surface area (Å²) in [5.74, 6) is 1.68. The number of hydrogen-bond donors (Lipinski definition) is 2. The first kappa shape index (κ1) is 12.2. The molecule has 1 atom stereocenters. The number of rotatable bonds is 4. The second-order valence-corrected chi connectivity index (χ2v) is 4.30. The third kappa shape index (κ3) is 1.98. The Morgan fingerprint density at radius 2 is 2.00 bits per heavy atom. The van der Waals surface area contributed by atoms with Crippen molar-refractivity contribution in [1.29, 1.82) is 0 Å². The maximum Gasteiger partial charge on any atom is 0.127 e. The van der Waals surface area contributed by atoms with Gasteiger partial charge in [-0.15, -0.1) is 0 Å². The Bertz CT molecular complexity index is 418. The largest absolute Gasteiger partial charge is 0.496 e. The summed E-state index contributed by atoms with van der Waals surface area (Å²) in [4.78, 5) is 0. The molecule has 0 fully saturated rings. The molecule has 0 spiro atoms. The van der Waals surface area contributed by atoms with Crippen LogP contribution in [0.3, 0.4) is 0 Å². The van der Waals surface area contributed by atoms with Gasteiger partial charge in [-0.25, -0.2) is 0 Å². The molecule has 1 aliphatic carbocycles. The lowest BCUT2D eigenvalue weighted by atomic mass is 9.98. The van der Waals surface area contributed by atoms with Gasteiger partial charge in [0, 0.05) is 16.7 Å². The molecule has 1 unspecified atom stereocenters. The molecular formula is C13H19NO3. The van der Waals surface area contributed by atoms with E-state index in [0.717, 1.165) is 36.3 Å². The monoisotopic (exact) mass is 237 g/mol. The SMILES string of the molecule is COc1cc(C(N)CO)c(OC)c2c1CCC2. The Balaban J connectivity index is 2.59. The van der Waals surface area contributed by atoms with Crippen LogP contribution in [0.4, 0.5) is 0 Å².